The van der Waals surface area contributed by atoms with Gasteiger partial charge < -0.3 is 4.74 Å². The summed E-state index contributed by atoms with van der Waals surface area (Å²) in [4.78, 5) is 10.4. The van der Waals surface area contributed by atoms with Crippen LogP contribution in [-0.4, -0.2) is 50.1 Å². The van der Waals surface area contributed by atoms with Crippen molar-refractivity contribution in [2.24, 2.45) is 0 Å². The summed E-state index contributed by atoms with van der Waals surface area (Å²) >= 11 is 0. The lowest BCUT2D eigenvalue weighted by molar-refractivity contribution is -0.765. The highest BCUT2D eigenvalue weighted by atomic mass is 32.2. The Morgan fingerprint density at radius 1 is 1.35 bits per heavy atom. The quantitative estimate of drug-likeness (QED) is 0.356. The molecular weight excluding hydrogens is 246 g/mol. The van der Waals surface area contributed by atoms with E-state index in [9.17, 15) is 13.2 Å². The van der Waals surface area contributed by atoms with Crippen molar-refractivity contribution in [2.45, 2.75) is 20.8 Å². The van der Waals surface area contributed by atoms with Gasteiger partial charge in [-0.15, -0.1) is 8.42 Å². The minimum absolute atomic E-state index is 0.312. The number of quaternary nitrogens is 1. The molecule has 0 aliphatic rings. The van der Waals surface area contributed by atoms with Crippen LogP contribution < -0.4 is 0 Å². The van der Waals surface area contributed by atoms with Crippen LogP contribution in [0, 0.1) is 0 Å². The molecule has 0 amide bonds. The first-order valence-corrected chi connectivity index (χ1v) is 6.52. The Kier molecular flexibility index (Phi) is 8.04. The Morgan fingerprint density at radius 3 is 1.82 bits per heavy atom. The normalized spacial score (nSPS) is 11.2. The highest BCUT2D eigenvalue weighted by molar-refractivity contribution is 7.80. The van der Waals surface area contributed by atoms with Gasteiger partial charge in [0.2, 0.25) is 0 Å². The molecule has 1 N–H and O–H groups in total. The van der Waals surface area contributed by atoms with Crippen molar-refractivity contribution >= 4 is 16.3 Å². The fourth-order valence-electron chi connectivity index (χ4n) is 0.417. The van der Waals surface area contributed by atoms with Crippen LogP contribution >= 0.6 is 0 Å². The number of rotatable bonds is 4. The van der Waals surface area contributed by atoms with Crippen molar-refractivity contribution in [1.82, 2.24) is 0 Å². The molecule has 6 nitrogen and oxygen atoms in total. The fraction of sp³-hybridized carbons (Fsp3) is 0.700. The van der Waals surface area contributed by atoms with Gasteiger partial charge in [-0.2, -0.15) is 3.89 Å². The SMILES string of the molecule is C=C(C)C(=O)OCC.CC[N+](C)(C)S(=O)(=O)O. The molecule has 0 saturated heterocycles. The van der Waals surface area contributed by atoms with Gasteiger partial charge in [0.1, 0.15) is 0 Å². The van der Waals surface area contributed by atoms with Crippen molar-refractivity contribution in [3.63, 3.8) is 0 Å². The lowest BCUT2D eigenvalue weighted by Gasteiger charge is -2.21. The molecule has 0 radical (unpaired) electrons. The van der Waals surface area contributed by atoms with Gasteiger partial charge >= 0.3 is 16.3 Å². The molecule has 0 bridgehead atoms. The van der Waals surface area contributed by atoms with Gasteiger partial charge in [-0.05, 0) is 20.8 Å². The van der Waals surface area contributed by atoms with Crippen LogP contribution in [0.4, 0.5) is 0 Å². The summed E-state index contributed by atoms with van der Waals surface area (Å²) in [5, 5.41) is 0. The zero-order valence-electron chi connectivity index (χ0n) is 11.1. The Bertz CT molecular complexity index is 359. The van der Waals surface area contributed by atoms with Crippen LogP contribution in [0.5, 0.6) is 0 Å². The number of carbonyl (C=O) groups excluding carboxylic acids is 1. The molecule has 0 aromatic rings. The van der Waals surface area contributed by atoms with Crippen LogP contribution in [0.25, 0.3) is 0 Å². The van der Waals surface area contributed by atoms with Crippen LogP contribution in [0.1, 0.15) is 20.8 Å². The summed E-state index contributed by atoms with van der Waals surface area (Å²) in [5.41, 5.74) is 0.451. The van der Waals surface area contributed by atoms with E-state index in [1.165, 1.54) is 14.1 Å². The molecule has 0 atom stereocenters. The highest BCUT2D eigenvalue weighted by Crippen LogP contribution is 2.02. The first kappa shape index (κ1) is 18.4. The standard InChI is InChI=1S/C6H10O2.C4H11NO3S/c1-4-8-6(7)5(2)3;1-4-5(2,3)9(6,7)8/h2,4H2,1,3H3;4H2,1-3H3/p+1. The van der Waals surface area contributed by atoms with Crippen molar-refractivity contribution in [3.05, 3.63) is 12.2 Å². The molecule has 7 heteroatoms. The summed E-state index contributed by atoms with van der Waals surface area (Å²) < 4.78 is 33.5. The summed E-state index contributed by atoms with van der Waals surface area (Å²) in [7, 11) is -1.06. The maximum Gasteiger partial charge on any atom is 0.432 e. The summed E-state index contributed by atoms with van der Waals surface area (Å²) in [6.45, 7) is 9.26. The van der Waals surface area contributed by atoms with Gasteiger partial charge in [-0.25, -0.2) is 9.35 Å². The lowest BCUT2D eigenvalue weighted by Crippen LogP contribution is -2.44. The topological polar surface area (TPSA) is 80.7 Å². The molecule has 0 saturated carbocycles. The smallest absolute Gasteiger partial charge is 0.432 e. The average Bonchev–Trinajstić information content (AvgIpc) is 2.17. The molecule has 0 aliphatic carbocycles. The minimum Gasteiger partial charge on any atom is -0.463 e. The average molecular weight is 268 g/mol. The van der Waals surface area contributed by atoms with Gasteiger partial charge in [-0.1, -0.05) is 6.58 Å². The van der Waals surface area contributed by atoms with Crippen LogP contribution in [0.3, 0.4) is 0 Å². The molecule has 0 aromatic heterocycles. The molecule has 0 rings (SSSR count). The number of nitrogens with zero attached hydrogens (tertiary/aromatic N) is 1. The van der Waals surface area contributed by atoms with Crippen LogP contribution in [0.2, 0.25) is 0 Å². The number of hydrogen-bond acceptors (Lipinski definition) is 4. The van der Waals surface area contributed by atoms with Crippen LogP contribution in [0.15, 0.2) is 12.2 Å². The molecule has 0 heterocycles. The molecule has 0 fully saturated rings. The third kappa shape index (κ3) is 7.89. The number of esters is 1. The van der Waals surface area contributed by atoms with Gasteiger partial charge in [-0.3, -0.25) is 0 Å². The van der Waals surface area contributed by atoms with E-state index in [1.54, 1.807) is 20.8 Å². The Hall–Kier alpha value is -0.920. The van der Waals surface area contributed by atoms with E-state index in [0.29, 0.717) is 18.7 Å². The predicted molar refractivity (Wildman–Crippen MR) is 65.6 cm³/mol. The monoisotopic (exact) mass is 268 g/mol. The zero-order valence-corrected chi connectivity index (χ0v) is 11.9. The molecule has 0 aliphatic heterocycles. The molecular formula is C10H22NO5S+. The van der Waals surface area contributed by atoms with E-state index >= 15 is 0 Å². The van der Waals surface area contributed by atoms with E-state index < -0.39 is 10.3 Å². The van der Waals surface area contributed by atoms with Gasteiger partial charge in [0, 0.05) is 5.57 Å². The summed E-state index contributed by atoms with van der Waals surface area (Å²) in [5.74, 6) is -0.312. The Morgan fingerprint density at radius 2 is 1.76 bits per heavy atom. The molecule has 17 heavy (non-hydrogen) atoms. The van der Waals surface area contributed by atoms with Gasteiger partial charge in [0.05, 0.1) is 27.2 Å². The van der Waals surface area contributed by atoms with E-state index in [2.05, 4.69) is 11.3 Å². The second-order valence-corrected chi connectivity index (χ2v) is 5.72. The Labute approximate surface area is 103 Å². The second-order valence-electron chi connectivity index (χ2n) is 3.84. The Balaban J connectivity index is 0. The zero-order chi connectivity index (χ0) is 14.3. The molecule has 0 spiro atoms. The molecule has 0 aromatic carbocycles. The third-order valence-electron chi connectivity index (χ3n) is 2.01. The van der Waals surface area contributed by atoms with Crippen molar-refractivity contribution in [2.75, 3.05) is 27.2 Å². The maximum atomic E-state index is 10.4. The second kappa shape index (κ2) is 7.41. The van der Waals surface area contributed by atoms with E-state index in [-0.39, 0.29) is 9.86 Å². The van der Waals surface area contributed by atoms with Crippen molar-refractivity contribution < 1.29 is 26.4 Å². The first-order chi connectivity index (χ1) is 7.49. The van der Waals surface area contributed by atoms with Crippen molar-refractivity contribution in [1.29, 1.82) is 0 Å². The third-order valence-corrected chi connectivity index (χ3v) is 3.52. The highest BCUT2D eigenvalue weighted by Gasteiger charge is 2.27. The van der Waals surface area contributed by atoms with E-state index in [4.69, 9.17) is 4.55 Å². The number of carbonyl (C=O) groups is 1. The fourth-order valence-corrected chi connectivity index (χ4v) is 0.744. The largest absolute Gasteiger partial charge is 0.463 e. The maximum absolute atomic E-state index is 10.4. The minimum atomic E-state index is -3.91. The predicted octanol–water partition coefficient (Wildman–Crippen LogP) is 1.01. The number of ether oxygens (including phenoxy) is 1. The molecule has 0 unspecified atom stereocenters. The van der Waals surface area contributed by atoms with Crippen LogP contribution in [-0.2, 0) is 19.8 Å². The lowest BCUT2D eigenvalue weighted by atomic mass is 10.4. The first-order valence-electron chi connectivity index (χ1n) is 5.12. The summed E-state index contributed by atoms with van der Waals surface area (Å²) in [6, 6.07) is 0. The van der Waals surface area contributed by atoms with Gasteiger partial charge in [0.15, 0.2) is 0 Å². The van der Waals surface area contributed by atoms with E-state index in [0.717, 1.165) is 0 Å². The molecule has 102 valence electrons. The number of hydrogen-bond donors (Lipinski definition) is 1. The van der Waals surface area contributed by atoms with E-state index in [1.807, 2.05) is 0 Å². The van der Waals surface area contributed by atoms with Gasteiger partial charge in [0.25, 0.3) is 0 Å². The van der Waals surface area contributed by atoms with Crippen molar-refractivity contribution in [3.8, 4) is 0 Å². The summed E-state index contributed by atoms with van der Waals surface area (Å²) in [6.07, 6.45) is 0.